The van der Waals surface area contributed by atoms with Crippen LogP contribution in [0.5, 0.6) is 0 Å². The van der Waals surface area contributed by atoms with Gasteiger partial charge in [0.05, 0.1) is 12.5 Å². The maximum atomic E-state index is 11.7. The van der Waals surface area contributed by atoms with Crippen LogP contribution in [-0.2, 0) is 24.0 Å². The average molecular weight is 301 g/mol. The van der Waals surface area contributed by atoms with Gasteiger partial charge in [-0.1, -0.05) is 0 Å². The van der Waals surface area contributed by atoms with E-state index in [9.17, 15) is 24.0 Å². The van der Waals surface area contributed by atoms with E-state index in [4.69, 9.17) is 10.2 Å². The van der Waals surface area contributed by atoms with Crippen molar-refractivity contribution in [3.8, 4) is 0 Å². The molecule has 2 atom stereocenters. The van der Waals surface area contributed by atoms with Gasteiger partial charge in [0.15, 0.2) is 0 Å². The summed E-state index contributed by atoms with van der Waals surface area (Å²) < 4.78 is 0. The number of hydrogen-bond donors (Lipinski definition) is 4. The highest BCUT2D eigenvalue weighted by atomic mass is 16.4. The monoisotopic (exact) mass is 301 g/mol. The minimum absolute atomic E-state index is 0.107. The summed E-state index contributed by atoms with van der Waals surface area (Å²) in [5, 5.41) is 21.4. The Kier molecular flexibility index (Phi) is 8.35. The van der Waals surface area contributed by atoms with Gasteiger partial charge < -0.3 is 20.8 Å². The highest BCUT2D eigenvalue weighted by Gasteiger charge is 2.20. The summed E-state index contributed by atoms with van der Waals surface area (Å²) in [5.74, 6) is -3.54. The minimum Gasteiger partial charge on any atom is -0.481 e. The van der Waals surface area contributed by atoms with Crippen LogP contribution in [0.1, 0.15) is 32.6 Å². The first-order chi connectivity index (χ1) is 9.76. The molecule has 2 amide bonds. The number of aliphatic carboxylic acids is 2. The predicted molar refractivity (Wildman–Crippen MR) is 69.0 cm³/mol. The largest absolute Gasteiger partial charge is 0.481 e. The fourth-order valence-corrected chi connectivity index (χ4v) is 1.32. The SMILES string of the molecule is C[C@H](NC(=O)CCC(=O)O)C(=O)N[C@H]([C]=O)CCC(=O)O. The molecule has 0 aliphatic rings. The fourth-order valence-electron chi connectivity index (χ4n) is 1.32. The van der Waals surface area contributed by atoms with Gasteiger partial charge in [0.1, 0.15) is 6.04 Å². The van der Waals surface area contributed by atoms with Gasteiger partial charge in [-0.05, 0) is 13.3 Å². The Bertz CT molecular complexity index is 422. The molecule has 0 aromatic rings. The first-order valence-corrected chi connectivity index (χ1v) is 6.17. The van der Waals surface area contributed by atoms with E-state index in [1.165, 1.54) is 13.2 Å². The summed E-state index contributed by atoms with van der Waals surface area (Å²) in [6.45, 7) is 1.35. The van der Waals surface area contributed by atoms with Crippen molar-refractivity contribution in [3.63, 3.8) is 0 Å². The molecule has 21 heavy (non-hydrogen) atoms. The maximum absolute atomic E-state index is 11.7. The van der Waals surface area contributed by atoms with Crippen LogP contribution in [0.25, 0.3) is 0 Å². The normalized spacial score (nSPS) is 12.8. The van der Waals surface area contributed by atoms with Crippen molar-refractivity contribution in [2.24, 2.45) is 0 Å². The zero-order valence-corrected chi connectivity index (χ0v) is 11.4. The lowest BCUT2D eigenvalue weighted by Gasteiger charge is -2.16. The Balaban J connectivity index is 4.23. The van der Waals surface area contributed by atoms with Gasteiger partial charge in [0.25, 0.3) is 0 Å². The molecule has 0 saturated heterocycles. The van der Waals surface area contributed by atoms with Gasteiger partial charge >= 0.3 is 11.9 Å². The van der Waals surface area contributed by atoms with Crippen LogP contribution in [0.4, 0.5) is 0 Å². The second-order valence-electron chi connectivity index (χ2n) is 4.29. The number of rotatable bonds is 10. The Morgan fingerprint density at radius 2 is 1.57 bits per heavy atom. The quantitative estimate of drug-likeness (QED) is 0.396. The lowest BCUT2D eigenvalue weighted by molar-refractivity contribution is -0.139. The Morgan fingerprint density at radius 1 is 1.00 bits per heavy atom. The van der Waals surface area contributed by atoms with Crippen LogP contribution >= 0.6 is 0 Å². The van der Waals surface area contributed by atoms with Gasteiger partial charge in [-0.25, -0.2) is 0 Å². The van der Waals surface area contributed by atoms with Crippen LogP contribution in [0, 0.1) is 0 Å². The van der Waals surface area contributed by atoms with E-state index in [-0.39, 0.29) is 25.7 Å². The summed E-state index contributed by atoms with van der Waals surface area (Å²) in [6.07, 6.45) is 0.462. The van der Waals surface area contributed by atoms with E-state index < -0.39 is 35.8 Å². The van der Waals surface area contributed by atoms with Crippen LogP contribution in [0.2, 0.25) is 0 Å². The molecule has 0 aromatic carbocycles. The number of nitrogens with one attached hydrogen (secondary N) is 2. The zero-order valence-electron chi connectivity index (χ0n) is 11.4. The smallest absolute Gasteiger partial charge is 0.303 e. The fraction of sp³-hybridized carbons (Fsp3) is 0.583. The first-order valence-electron chi connectivity index (χ1n) is 6.17. The zero-order chi connectivity index (χ0) is 16.4. The molecule has 0 aliphatic heterocycles. The van der Waals surface area contributed by atoms with E-state index in [0.717, 1.165) is 0 Å². The van der Waals surface area contributed by atoms with E-state index in [1.807, 2.05) is 0 Å². The third kappa shape index (κ3) is 9.14. The van der Waals surface area contributed by atoms with E-state index >= 15 is 0 Å². The third-order valence-corrected chi connectivity index (χ3v) is 2.44. The van der Waals surface area contributed by atoms with E-state index in [0.29, 0.717) is 0 Å². The molecule has 9 heteroatoms. The molecular weight excluding hydrogens is 284 g/mol. The van der Waals surface area contributed by atoms with Crippen molar-refractivity contribution in [1.82, 2.24) is 10.6 Å². The molecule has 0 fully saturated rings. The van der Waals surface area contributed by atoms with Gasteiger partial charge in [0.2, 0.25) is 18.1 Å². The van der Waals surface area contributed by atoms with Crippen LogP contribution < -0.4 is 10.6 Å². The van der Waals surface area contributed by atoms with Gasteiger partial charge in [-0.15, -0.1) is 0 Å². The molecule has 1 radical (unpaired) electrons. The molecule has 0 unspecified atom stereocenters. The van der Waals surface area contributed by atoms with Gasteiger partial charge in [-0.2, -0.15) is 0 Å². The molecule has 9 nitrogen and oxygen atoms in total. The van der Waals surface area contributed by atoms with Crippen molar-refractivity contribution in [2.45, 2.75) is 44.7 Å². The number of hydrogen-bond acceptors (Lipinski definition) is 5. The van der Waals surface area contributed by atoms with Crippen LogP contribution in [0.15, 0.2) is 0 Å². The maximum Gasteiger partial charge on any atom is 0.303 e. The number of carboxylic acids is 2. The highest BCUT2D eigenvalue weighted by molar-refractivity contribution is 5.89. The second-order valence-corrected chi connectivity index (χ2v) is 4.29. The summed E-state index contributed by atoms with van der Waals surface area (Å²) in [7, 11) is 0. The van der Waals surface area contributed by atoms with Crippen molar-refractivity contribution < 1.29 is 34.2 Å². The Labute approximate surface area is 120 Å². The number of carbonyl (C=O) groups excluding carboxylic acids is 3. The molecule has 0 aliphatic carbocycles. The lowest BCUT2D eigenvalue weighted by atomic mass is 10.1. The van der Waals surface area contributed by atoms with Crippen molar-refractivity contribution in [2.75, 3.05) is 0 Å². The number of carbonyl (C=O) groups is 4. The second kappa shape index (κ2) is 9.45. The molecule has 0 heterocycles. The average Bonchev–Trinajstić information content (AvgIpc) is 2.40. The third-order valence-electron chi connectivity index (χ3n) is 2.44. The molecule has 0 rings (SSSR count). The summed E-state index contributed by atoms with van der Waals surface area (Å²) in [5.41, 5.74) is 0. The van der Waals surface area contributed by atoms with E-state index in [2.05, 4.69) is 10.6 Å². The summed E-state index contributed by atoms with van der Waals surface area (Å²) in [6, 6.07) is -2.06. The predicted octanol–water partition coefficient (Wildman–Crippen LogP) is -1.18. The Morgan fingerprint density at radius 3 is 2.05 bits per heavy atom. The van der Waals surface area contributed by atoms with Crippen molar-refractivity contribution in [3.05, 3.63) is 0 Å². The number of carboxylic acid groups (broad SMARTS) is 2. The standard InChI is InChI=1S/C12H17N2O7/c1-7(13-9(16)3-5-11(19)20)12(21)14-8(6-15)2-4-10(17)18/h7-8H,2-5H2,1H3,(H,13,16)(H,14,21)(H,17,18)(H,19,20)/t7-,8-/m0/s1. The van der Waals surface area contributed by atoms with Crippen molar-refractivity contribution in [1.29, 1.82) is 0 Å². The highest BCUT2D eigenvalue weighted by Crippen LogP contribution is 1.97. The topological polar surface area (TPSA) is 150 Å². The molecule has 0 bridgehead atoms. The lowest BCUT2D eigenvalue weighted by Crippen LogP contribution is -2.48. The summed E-state index contributed by atoms with van der Waals surface area (Å²) >= 11 is 0. The van der Waals surface area contributed by atoms with Gasteiger partial charge in [-0.3, -0.25) is 24.0 Å². The molecular formula is C12H17N2O7. The van der Waals surface area contributed by atoms with E-state index in [1.54, 1.807) is 0 Å². The molecule has 0 aromatic heterocycles. The molecule has 0 saturated carbocycles. The number of amides is 2. The molecule has 117 valence electrons. The minimum atomic E-state index is -1.13. The van der Waals surface area contributed by atoms with Crippen molar-refractivity contribution >= 4 is 30.0 Å². The van der Waals surface area contributed by atoms with Crippen LogP contribution in [0.3, 0.4) is 0 Å². The molecule has 4 N–H and O–H groups in total. The molecule has 0 spiro atoms. The van der Waals surface area contributed by atoms with Crippen LogP contribution in [-0.4, -0.2) is 52.3 Å². The Hall–Kier alpha value is -2.45. The summed E-state index contributed by atoms with van der Waals surface area (Å²) in [4.78, 5) is 54.2. The first kappa shape index (κ1) is 18.6. The van der Waals surface area contributed by atoms with Gasteiger partial charge in [0, 0.05) is 12.8 Å².